The van der Waals surface area contributed by atoms with Crippen molar-refractivity contribution in [2.45, 2.75) is 32.1 Å². The van der Waals surface area contributed by atoms with Gasteiger partial charge in [0.05, 0.1) is 6.20 Å². The molecule has 0 amide bonds. The summed E-state index contributed by atoms with van der Waals surface area (Å²) in [4.78, 5) is 9.11. The number of aryl methyl sites for hydroxylation is 2. The molecule has 0 radical (unpaired) electrons. The minimum Gasteiger partial charge on any atom is -0.338 e. The lowest BCUT2D eigenvalue weighted by atomic mass is 10.0. The van der Waals surface area contributed by atoms with E-state index in [4.69, 9.17) is 16.6 Å². The largest absolute Gasteiger partial charge is 0.338 e. The fourth-order valence-electron chi connectivity index (χ4n) is 4.03. The molecule has 1 aromatic heterocycles. The van der Waals surface area contributed by atoms with Gasteiger partial charge in [0.15, 0.2) is 5.82 Å². The summed E-state index contributed by atoms with van der Waals surface area (Å²) in [6, 6.07) is 13.3. The van der Waals surface area contributed by atoms with Gasteiger partial charge in [-0.25, -0.2) is 4.98 Å². The summed E-state index contributed by atoms with van der Waals surface area (Å²) in [5.41, 5.74) is 5.00. The molecular formula is C25H31ClN4P2. The number of anilines is 4. The van der Waals surface area contributed by atoms with E-state index in [1.165, 1.54) is 47.4 Å². The maximum atomic E-state index is 6.47. The number of hydrogen-bond donors (Lipinski definition) is 2. The molecule has 0 saturated carbocycles. The molecule has 0 aliphatic heterocycles. The first-order valence-corrected chi connectivity index (χ1v) is 15.9. The predicted octanol–water partition coefficient (Wildman–Crippen LogP) is 6.62. The Bertz CT molecular complexity index is 1100. The molecule has 32 heavy (non-hydrogen) atoms. The zero-order valence-corrected chi connectivity index (χ0v) is 21.8. The molecule has 0 saturated heterocycles. The monoisotopic (exact) mass is 484 g/mol. The third kappa shape index (κ3) is 5.60. The van der Waals surface area contributed by atoms with Crippen LogP contribution in [0.2, 0.25) is 5.02 Å². The minimum absolute atomic E-state index is 0.133. The Hall–Kier alpha value is -1.73. The van der Waals surface area contributed by atoms with Crippen LogP contribution in [0.15, 0.2) is 42.6 Å². The summed E-state index contributed by atoms with van der Waals surface area (Å²) in [6.45, 7) is 9.13. The van der Waals surface area contributed by atoms with Crippen molar-refractivity contribution in [3.05, 3.63) is 58.7 Å². The molecule has 7 heteroatoms. The van der Waals surface area contributed by atoms with Crippen molar-refractivity contribution in [2.75, 3.05) is 37.3 Å². The highest BCUT2D eigenvalue weighted by atomic mass is 35.5. The summed E-state index contributed by atoms with van der Waals surface area (Å²) in [6.07, 6.45) is 7.84. The van der Waals surface area contributed by atoms with Gasteiger partial charge in [-0.1, -0.05) is 46.0 Å². The maximum Gasteiger partial charge on any atom is 0.229 e. The third-order valence-corrected chi connectivity index (χ3v) is 8.75. The normalized spacial score (nSPS) is 13.7. The van der Waals surface area contributed by atoms with E-state index in [9.17, 15) is 0 Å². The Morgan fingerprint density at radius 1 is 0.844 bits per heavy atom. The lowest BCUT2D eigenvalue weighted by Crippen LogP contribution is -2.14. The second-order valence-electron chi connectivity index (χ2n) is 8.67. The standard InChI is InChI=1S/C25H31ClN4P2/c1-31(2)20-12-13-22(23(15-20)32(3)4)29-24-21(26)16-27-25(30-24)28-19-11-10-17-8-6-5-7-9-18(17)14-19/h10-16H,5-9H2,1-4H3,(H2,27,28,29,30). The number of halogens is 1. The van der Waals surface area contributed by atoms with Crippen molar-refractivity contribution < 1.29 is 0 Å². The number of nitrogens with one attached hydrogen (secondary N) is 2. The van der Waals surface area contributed by atoms with Crippen molar-refractivity contribution in [3.63, 3.8) is 0 Å². The van der Waals surface area contributed by atoms with Crippen LogP contribution in [0.25, 0.3) is 0 Å². The van der Waals surface area contributed by atoms with E-state index >= 15 is 0 Å². The van der Waals surface area contributed by atoms with Gasteiger partial charge in [0.1, 0.15) is 5.02 Å². The van der Waals surface area contributed by atoms with Crippen LogP contribution in [0.1, 0.15) is 30.4 Å². The van der Waals surface area contributed by atoms with E-state index in [1.807, 2.05) is 0 Å². The molecule has 1 aliphatic rings. The molecule has 2 aromatic carbocycles. The van der Waals surface area contributed by atoms with Gasteiger partial charge in [-0.2, -0.15) is 4.98 Å². The highest BCUT2D eigenvalue weighted by Crippen LogP contribution is 2.33. The lowest BCUT2D eigenvalue weighted by Gasteiger charge is -2.18. The Morgan fingerprint density at radius 3 is 2.38 bits per heavy atom. The second kappa shape index (κ2) is 10.5. The first-order chi connectivity index (χ1) is 15.4. The van der Waals surface area contributed by atoms with Gasteiger partial charge < -0.3 is 10.6 Å². The first kappa shape index (κ1) is 23.4. The van der Waals surface area contributed by atoms with Gasteiger partial charge in [0.25, 0.3) is 0 Å². The number of nitrogens with zero attached hydrogens (tertiary/aromatic N) is 2. The number of benzene rings is 2. The number of rotatable bonds is 6. The molecule has 168 valence electrons. The molecule has 3 aromatic rings. The van der Waals surface area contributed by atoms with Gasteiger partial charge in [-0.05, 0) is 98.3 Å². The molecule has 2 N–H and O–H groups in total. The summed E-state index contributed by atoms with van der Waals surface area (Å²) >= 11 is 6.47. The lowest BCUT2D eigenvalue weighted by molar-refractivity contribution is 0.711. The molecule has 0 spiro atoms. The topological polar surface area (TPSA) is 49.8 Å². The smallest absolute Gasteiger partial charge is 0.229 e. The highest BCUT2D eigenvalue weighted by Gasteiger charge is 2.14. The Labute approximate surface area is 199 Å². The van der Waals surface area contributed by atoms with E-state index in [0.29, 0.717) is 16.8 Å². The molecule has 4 rings (SSSR count). The van der Waals surface area contributed by atoms with Crippen molar-refractivity contribution >= 4 is 61.2 Å². The highest BCUT2D eigenvalue weighted by molar-refractivity contribution is 7.65. The Kier molecular flexibility index (Phi) is 7.66. The van der Waals surface area contributed by atoms with Gasteiger partial charge in [-0.3, -0.25) is 0 Å². The summed E-state index contributed by atoms with van der Waals surface area (Å²) in [5, 5.41) is 10.1. The van der Waals surface area contributed by atoms with Crippen molar-refractivity contribution in [2.24, 2.45) is 0 Å². The van der Waals surface area contributed by atoms with Gasteiger partial charge in [0.2, 0.25) is 5.95 Å². The molecule has 0 fully saturated rings. The van der Waals surface area contributed by atoms with Crippen molar-refractivity contribution in [1.82, 2.24) is 9.97 Å². The zero-order chi connectivity index (χ0) is 22.7. The second-order valence-corrected chi connectivity index (χ2v) is 13.7. The van der Waals surface area contributed by atoms with E-state index in [1.54, 1.807) is 6.20 Å². The Morgan fingerprint density at radius 2 is 1.62 bits per heavy atom. The van der Waals surface area contributed by atoms with E-state index in [-0.39, 0.29) is 15.8 Å². The molecular weight excluding hydrogens is 454 g/mol. The molecule has 0 atom stereocenters. The third-order valence-electron chi connectivity index (χ3n) is 5.83. The van der Waals surface area contributed by atoms with Crippen LogP contribution in [0, 0.1) is 0 Å². The average Bonchev–Trinajstić information content (AvgIpc) is 3.01. The first-order valence-electron chi connectivity index (χ1n) is 11.1. The molecule has 4 nitrogen and oxygen atoms in total. The SMILES string of the molecule is CP(C)c1ccc(Nc2nc(Nc3ccc4c(c3)CCCCC4)ncc2Cl)c(P(C)C)c1. The van der Waals surface area contributed by atoms with Crippen LogP contribution in [0.4, 0.5) is 23.1 Å². The fraction of sp³-hybridized carbons (Fsp3) is 0.360. The van der Waals surface area contributed by atoms with Crippen LogP contribution in [-0.2, 0) is 12.8 Å². The molecule has 0 unspecified atom stereocenters. The van der Waals surface area contributed by atoms with Gasteiger partial charge in [0, 0.05) is 11.4 Å². The quantitative estimate of drug-likeness (QED) is 0.305. The van der Waals surface area contributed by atoms with E-state index in [2.05, 4.69) is 78.7 Å². The van der Waals surface area contributed by atoms with Crippen LogP contribution in [0.5, 0.6) is 0 Å². The van der Waals surface area contributed by atoms with Crippen LogP contribution >= 0.6 is 27.4 Å². The van der Waals surface area contributed by atoms with Crippen molar-refractivity contribution in [1.29, 1.82) is 0 Å². The maximum absolute atomic E-state index is 6.47. The van der Waals surface area contributed by atoms with E-state index < -0.39 is 0 Å². The van der Waals surface area contributed by atoms with E-state index in [0.717, 1.165) is 17.8 Å². The number of fused-ring (bicyclic) bond motifs is 1. The van der Waals surface area contributed by atoms with Gasteiger partial charge in [-0.15, -0.1) is 0 Å². The zero-order valence-electron chi connectivity index (χ0n) is 19.2. The van der Waals surface area contributed by atoms with Crippen LogP contribution in [-0.4, -0.2) is 36.6 Å². The fourth-order valence-corrected chi connectivity index (χ4v) is 6.04. The summed E-state index contributed by atoms with van der Waals surface area (Å²) in [5.74, 6) is 1.17. The Balaban J connectivity index is 1.58. The molecule has 1 heterocycles. The van der Waals surface area contributed by atoms with Crippen molar-refractivity contribution in [3.8, 4) is 0 Å². The minimum atomic E-state index is -0.272. The summed E-state index contributed by atoms with van der Waals surface area (Å²) < 4.78 is 0. The number of hydrogen-bond acceptors (Lipinski definition) is 4. The van der Waals surface area contributed by atoms with Crippen LogP contribution < -0.4 is 21.2 Å². The van der Waals surface area contributed by atoms with Crippen LogP contribution in [0.3, 0.4) is 0 Å². The average molecular weight is 485 g/mol. The van der Waals surface area contributed by atoms with Gasteiger partial charge >= 0.3 is 0 Å². The summed E-state index contributed by atoms with van der Waals surface area (Å²) in [7, 11) is -0.405. The predicted molar refractivity (Wildman–Crippen MR) is 145 cm³/mol. The molecule has 0 bridgehead atoms. The molecule has 1 aliphatic carbocycles. The number of aromatic nitrogens is 2.